The average Bonchev–Trinajstić information content (AvgIpc) is 2.38. The van der Waals surface area contributed by atoms with Crippen molar-refractivity contribution in [2.24, 2.45) is 5.84 Å². The largest absolute Gasteiger partial charge is 0.349 e. The molecule has 0 bridgehead atoms. The lowest BCUT2D eigenvalue weighted by Gasteiger charge is -2.27. The third-order valence-electron chi connectivity index (χ3n) is 2.68. The average molecular weight is 271 g/mol. The minimum absolute atomic E-state index is 0.0679. The summed E-state index contributed by atoms with van der Waals surface area (Å²) in [6.07, 6.45) is 0. The van der Waals surface area contributed by atoms with Crippen LogP contribution in [0.4, 0.5) is 17.3 Å². The van der Waals surface area contributed by atoms with Crippen LogP contribution < -0.4 is 16.2 Å². The topological polar surface area (TPSA) is 114 Å². The molecular formula is C9H13N5O3S. The standard InChI is InChI=1S/C9H13N5O3S/c10-12-8-2-1-7(14(15)16)9(11-8)13-3-5-18(17)6-4-13/h1-2H,3-6,10H2,(H,11,12). The van der Waals surface area contributed by atoms with Crippen molar-refractivity contribution in [3.05, 3.63) is 22.2 Å². The molecule has 2 heterocycles. The summed E-state index contributed by atoms with van der Waals surface area (Å²) in [6, 6.07) is 2.81. The van der Waals surface area contributed by atoms with E-state index in [1.807, 2.05) is 0 Å². The fourth-order valence-corrected chi connectivity index (χ4v) is 2.80. The van der Waals surface area contributed by atoms with E-state index in [1.165, 1.54) is 12.1 Å². The molecule has 9 heteroatoms. The molecule has 0 radical (unpaired) electrons. The number of hydrogen-bond acceptors (Lipinski definition) is 7. The highest BCUT2D eigenvalue weighted by molar-refractivity contribution is 7.85. The van der Waals surface area contributed by atoms with Crippen molar-refractivity contribution in [1.82, 2.24) is 4.98 Å². The number of rotatable bonds is 3. The molecule has 0 amide bonds. The second-order valence-corrected chi connectivity index (χ2v) is 5.47. The van der Waals surface area contributed by atoms with E-state index >= 15 is 0 Å². The molecule has 1 aromatic heterocycles. The van der Waals surface area contributed by atoms with E-state index in [-0.39, 0.29) is 11.5 Å². The lowest BCUT2D eigenvalue weighted by atomic mass is 10.3. The molecule has 1 aliphatic heterocycles. The lowest BCUT2D eigenvalue weighted by molar-refractivity contribution is -0.384. The summed E-state index contributed by atoms with van der Waals surface area (Å²) in [5.74, 6) is 6.88. The van der Waals surface area contributed by atoms with E-state index in [2.05, 4.69) is 10.4 Å². The Morgan fingerprint density at radius 3 is 2.67 bits per heavy atom. The number of hydrogen-bond donors (Lipinski definition) is 2. The van der Waals surface area contributed by atoms with E-state index in [4.69, 9.17) is 5.84 Å². The second kappa shape index (κ2) is 5.27. The number of nitrogen functional groups attached to an aromatic ring is 1. The van der Waals surface area contributed by atoms with Gasteiger partial charge in [0.2, 0.25) is 5.82 Å². The number of anilines is 2. The van der Waals surface area contributed by atoms with Crippen LogP contribution in [0.1, 0.15) is 0 Å². The van der Waals surface area contributed by atoms with Gasteiger partial charge in [-0.3, -0.25) is 14.3 Å². The molecule has 0 aliphatic carbocycles. The molecule has 1 aliphatic rings. The highest BCUT2D eigenvalue weighted by Crippen LogP contribution is 2.28. The van der Waals surface area contributed by atoms with Crippen molar-refractivity contribution >= 4 is 28.1 Å². The molecule has 3 N–H and O–H groups in total. The highest BCUT2D eigenvalue weighted by atomic mass is 32.2. The summed E-state index contributed by atoms with van der Waals surface area (Å²) in [4.78, 5) is 16.4. The minimum Gasteiger partial charge on any atom is -0.349 e. The summed E-state index contributed by atoms with van der Waals surface area (Å²) in [7, 11) is -0.839. The van der Waals surface area contributed by atoms with Crippen LogP contribution in [-0.2, 0) is 10.8 Å². The maximum Gasteiger partial charge on any atom is 0.311 e. The van der Waals surface area contributed by atoms with Gasteiger partial charge >= 0.3 is 5.69 Å². The Kier molecular flexibility index (Phi) is 3.72. The van der Waals surface area contributed by atoms with Crippen LogP contribution in [0.3, 0.4) is 0 Å². The molecule has 1 fully saturated rings. The molecule has 2 rings (SSSR count). The van der Waals surface area contributed by atoms with Gasteiger partial charge in [-0.2, -0.15) is 0 Å². The van der Waals surface area contributed by atoms with Crippen molar-refractivity contribution < 1.29 is 9.13 Å². The Balaban J connectivity index is 2.34. The van der Waals surface area contributed by atoms with Crippen LogP contribution >= 0.6 is 0 Å². The third-order valence-corrected chi connectivity index (χ3v) is 3.95. The quantitative estimate of drug-likeness (QED) is 0.446. The monoisotopic (exact) mass is 271 g/mol. The number of nitrogens with one attached hydrogen (secondary N) is 1. The van der Waals surface area contributed by atoms with Gasteiger partial charge in [0.15, 0.2) is 0 Å². The first-order chi connectivity index (χ1) is 8.61. The third kappa shape index (κ3) is 2.57. The van der Waals surface area contributed by atoms with Crippen LogP contribution in [0.25, 0.3) is 0 Å². The van der Waals surface area contributed by atoms with Crippen LogP contribution in [0.15, 0.2) is 12.1 Å². The molecule has 1 saturated heterocycles. The summed E-state index contributed by atoms with van der Waals surface area (Å²) in [5, 5.41) is 11.0. The van der Waals surface area contributed by atoms with Gasteiger partial charge in [-0.25, -0.2) is 10.8 Å². The van der Waals surface area contributed by atoms with Gasteiger partial charge in [-0.15, -0.1) is 0 Å². The van der Waals surface area contributed by atoms with Crippen LogP contribution in [0, 0.1) is 10.1 Å². The Bertz CT molecular complexity index is 485. The number of nitrogens with two attached hydrogens (primary N) is 1. The van der Waals surface area contributed by atoms with E-state index in [9.17, 15) is 14.3 Å². The number of nitrogens with zero attached hydrogens (tertiary/aromatic N) is 3. The number of pyridine rings is 1. The molecule has 0 aromatic carbocycles. The molecule has 0 saturated carbocycles. The first kappa shape index (κ1) is 12.7. The van der Waals surface area contributed by atoms with E-state index in [0.717, 1.165) is 0 Å². The summed E-state index contributed by atoms with van der Waals surface area (Å²) in [6.45, 7) is 0.989. The van der Waals surface area contributed by atoms with Crippen molar-refractivity contribution in [3.63, 3.8) is 0 Å². The van der Waals surface area contributed by atoms with E-state index < -0.39 is 15.7 Å². The van der Waals surface area contributed by atoms with Crippen molar-refractivity contribution in [2.75, 3.05) is 34.9 Å². The fourth-order valence-electron chi connectivity index (χ4n) is 1.75. The van der Waals surface area contributed by atoms with Crippen LogP contribution in [0.2, 0.25) is 0 Å². The van der Waals surface area contributed by atoms with Crippen LogP contribution in [0.5, 0.6) is 0 Å². The van der Waals surface area contributed by atoms with Crippen molar-refractivity contribution in [2.45, 2.75) is 0 Å². The SMILES string of the molecule is NNc1ccc([N+](=O)[O-])c(N2CCS(=O)CC2)n1. The van der Waals surface area contributed by atoms with Gasteiger partial charge in [0.25, 0.3) is 0 Å². The van der Waals surface area contributed by atoms with Gasteiger partial charge in [0.1, 0.15) is 5.82 Å². The zero-order valence-corrected chi connectivity index (χ0v) is 10.4. The molecule has 18 heavy (non-hydrogen) atoms. The van der Waals surface area contributed by atoms with Crippen LogP contribution in [-0.4, -0.2) is 38.7 Å². The summed E-state index contributed by atoms with van der Waals surface area (Å²) >= 11 is 0. The molecule has 8 nitrogen and oxygen atoms in total. The lowest BCUT2D eigenvalue weighted by Crippen LogP contribution is -2.38. The molecule has 0 spiro atoms. The maximum absolute atomic E-state index is 11.3. The molecular weight excluding hydrogens is 258 g/mol. The Labute approximate surface area is 106 Å². The molecule has 1 aromatic rings. The van der Waals surface area contributed by atoms with Gasteiger partial charge < -0.3 is 10.3 Å². The van der Waals surface area contributed by atoms with E-state index in [1.54, 1.807) is 4.90 Å². The molecule has 0 unspecified atom stereocenters. The number of hydrazine groups is 1. The summed E-state index contributed by atoms with van der Waals surface area (Å²) < 4.78 is 11.3. The smallest absolute Gasteiger partial charge is 0.311 e. The van der Waals surface area contributed by atoms with Gasteiger partial charge in [0.05, 0.1) is 4.92 Å². The fraction of sp³-hybridized carbons (Fsp3) is 0.444. The Morgan fingerprint density at radius 2 is 2.11 bits per heavy atom. The second-order valence-electron chi connectivity index (χ2n) is 3.78. The van der Waals surface area contributed by atoms with Crippen molar-refractivity contribution in [3.8, 4) is 0 Å². The first-order valence-corrected chi connectivity index (χ1v) is 6.82. The zero-order chi connectivity index (χ0) is 13.1. The van der Waals surface area contributed by atoms with E-state index in [0.29, 0.717) is 30.4 Å². The van der Waals surface area contributed by atoms with Gasteiger partial charge in [0, 0.05) is 41.5 Å². The Morgan fingerprint density at radius 1 is 1.44 bits per heavy atom. The normalized spacial score (nSPS) is 16.6. The number of aromatic nitrogens is 1. The Hall–Kier alpha value is -1.74. The minimum atomic E-state index is -0.839. The predicted molar refractivity (Wildman–Crippen MR) is 68.8 cm³/mol. The number of nitro groups is 1. The molecule has 0 atom stereocenters. The zero-order valence-electron chi connectivity index (χ0n) is 9.54. The molecule has 98 valence electrons. The van der Waals surface area contributed by atoms with Gasteiger partial charge in [-0.05, 0) is 6.07 Å². The highest BCUT2D eigenvalue weighted by Gasteiger charge is 2.24. The van der Waals surface area contributed by atoms with Gasteiger partial charge in [-0.1, -0.05) is 0 Å². The predicted octanol–water partition coefficient (Wildman–Crippen LogP) is -0.156. The first-order valence-electron chi connectivity index (χ1n) is 5.34. The maximum atomic E-state index is 11.3. The van der Waals surface area contributed by atoms with Crippen molar-refractivity contribution in [1.29, 1.82) is 0 Å². The summed E-state index contributed by atoms with van der Waals surface area (Å²) in [5.41, 5.74) is 2.29.